The van der Waals surface area contributed by atoms with Crippen molar-refractivity contribution >= 4 is 20.5 Å². The molecule has 2 atom stereocenters. The molecule has 1 fully saturated rings. The molecule has 1 aliphatic rings. The molecule has 5 nitrogen and oxygen atoms in total. The quantitative estimate of drug-likeness (QED) is 0.803. The molecule has 0 spiro atoms. The number of hydrogen-bond donors (Lipinski definition) is 1. The molecule has 2 rings (SSSR count). The molecule has 1 saturated heterocycles. The summed E-state index contributed by atoms with van der Waals surface area (Å²) >= 11 is 0. The molecule has 1 aromatic rings. The van der Waals surface area contributed by atoms with E-state index in [0.29, 0.717) is 12.5 Å². The second-order valence-electron chi connectivity index (χ2n) is 5.89. The standard InChI is InChI=1S/C14H17F3O5S2/c1-13(8-10(5-6-22-13)9-23(18)19)24(20,21)12-4-2-3-11(7-12)14(15,16)17/h2-4,7,10,23H,5-6,8-9H2,1H3. The monoisotopic (exact) mass is 386 g/mol. The van der Waals surface area contributed by atoms with E-state index < -0.39 is 48.0 Å². The summed E-state index contributed by atoms with van der Waals surface area (Å²) in [4.78, 5) is -2.25. The predicted octanol–water partition coefficient (Wildman–Crippen LogP) is 2.23. The van der Waals surface area contributed by atoms with E-state index in [1.165, 1.54) is 6.92 Å². The Bertz CT molecular complexity index is 778. The molecule has 0 aromatic heterocycles. The van der Waals surface area contributed by atoms with Gasteiger partial charge in [-0.15, -0.1) is 0 Å². The zero-order valence-electron chi connectivity index (χ0n) is 12.7. The highest BCUT2D eigenvalue weighted by atomic mass is 32.2. The highest BCUT2D eigenvalue weighted by molar-refractivity contribution is 7.92. The van der Waals surface area contributed by atoms with Crippen LogP contribution >= 0.6 is 0 Å². The second kappa shape index (κ2) is 6.64. The van der Waals surface area contributed by atoms with Crippen LogP contribution in [0.3, 0.4) is 0 Å². The summed E-state index contributed by atoms with van der Waals surface area (Å²) in [5, 5.41) is 0. The molecular formula is C14H17F3O5S2. The van der Waals surface area contributed by atoms with Crippen molar-refractivity contribution < 1.29 is 34.7 Å². The van der Waals surface area contributed by atoms with Gasteiger partial charge in [0.2, 0.25) is 9.84 Å². The summed E-state index contributed by atoms with van der Waals surface area (Å²) in [6, 6.07) is 3.46. The highest BCUT2D eigenvalue weighted by Gasteiger charge is 2.46. The van der Waals surface area contributed by atoms with Gasteiger partial charge in [-0.2, -0.15) is 13.2 Å². The first-order valence-electron chi connectivity index (χ1n) is 7.13. The molecule has 136 valence electrons. The fourth-order valence-corrected chi connectivity index (χ4v) is 5.24. The molecule has 1 aliphatic heterocycles. The third-order valence-corrected chi connectivity index (χ3v) is 7.15. The molecule has 1 aromatic carbocycles. The Labute approximate surface area is 139 Å². The Morgan fingerprint density at radius 2 is 2.00 bits per heavy atom. The molecule has 0 bridgehead atoms. The highest BCUT2D eigenvalue weighted by Crippen LogP contribution is 2.39. The Hall–Kier alpha value is -1.13. The largest absolute Gasteiger partial charge is 0.416 e. The fraction of sp³-hybridized carbons (Fsp3) is 0.571. The van der Waals surface area contributed by atoms with Crippen molar-refractivity contribution in [2.75, 3.05) is 12.4 Å². The van der Waals surface area contributed by atoms with Gasteiger partial charge < -0.3 is 4.74 Å². The van der Waals surface area contributed by atoms with Crippen LogP contribution in [0.2, 0.25) is 0 Å². The van der Waals surface area contributed by atoms with Crippen molar-refractivity contribution in [2.45, 2.75) is 35.8 Å². The third kappa shape index (κ3) is 3.92. The van der Waals surface area contributed by atoms with Crippen LogP contribution in [0, 0.1) is 5.92 Å². The summed E-state index contributed by atoms with van der Waals surface area (Å²) in [5.74, 6) is -0.586. The van der Waals surface area contributed by atoms with Crippen LogP contribution in [0.4, 0.5) is 13.2 Å². The summed E-state index contributed by atoms with van der Waals surface area (Å²) < 4.78 is 91.1. The van der Waals surface area contributed by atoms with Crippen LogP contribution in [0.1, 0.15) is 25.3 Å². The summed E-state index contributed by atoms with van der Waals surface area (Å²) in [6.07, 6.45) is -4.37. The molecule has 10 heteroatoms. The minimum Gasteiger partial charge on any atom is -0.359 e. The SMILES string of the molecule is CC1(S(=O)(=O)c2cccc(C(F)(F)F)c2)CC(C[SH](=O)=O)CCO1. The first kappa shape index (κ1) is 19.2. The van der Waals surface area contributed by atoms with E-state index in [9.17, 15) is 30.0 Å². The normalized spacial score (nSPS) is 25.8. The minimum absolute atomic E-state index is 0.0303. The van der Waals surface area contributed by atoms with E-state index in [0.717, 1.165) is 18.2 Å². The molecule has 0 radical (unpaired) electrons. The van der Waals surface area contributed by atoms with Crippen molar-refractivity contribution in [3.63, 3.8) is 0 Å². The maximum Gasteiger partial charge on any atom is 0.416 e. The Balaban J connectivity index is 2.38. The lowest BCUT2D eigenvalue weighted by atomic mass is 9.98. The topological polar surface area (TPSA) is 77.5 Å². The summed E-state index contributed by atoms with van der Waals surface area (Å²) in [7, 11) is -6.91. The molecule has 24 heavy (non-hydrogen) atoms. The molecule has 2 unspecified atom stereocenters. The number of halogens is 3. The Morgan fingerprint density at radius 1 is 1.33 bits per heavy atom. The van der Waals surface area contributed by atoms with Crippen LogP contribution in [0.25, 0.3) is 0 Å². The number of benzene rings is 1. The van der Waals surface area contributed by atoms with Crippen molar-refractivity contribution in [1.29, 1.82) is 0 Å². The zero-order valence-corrected chi connectivity index (χ0v) is 14.5. The number of rotatable bonds is 4. The molecule has 0 amide bonds. The van der Waals surface area contributed by atoms with Crippen LogP contribution in [0.5, 0.6) is 0 Å². The van der Waals surface area contributed by atoms with Crippen LogP contribution in [0.15, 0.2) is 29.2 Å². The molecule has 1 heterocycles. The lowest BCUT2D eigenvalue weighted by Gasteiger charge is -2.37. The first-order chi connectivity index (χ1) is 11.0. The molecule has 0 saturated carbocycles. The van der Waals surface area contributed by atoms with Crippen molar-refractivity contribution in [3.8, 4) is 0 Å². The van der Waals surface area contributed by atoms with Crippen LogP contribution in [-0.2, 0) is 31.5 Å². The zero-order chi connectivity index (χ0) is 18.2. The van der Waals surface area contributed by atoms with E-state index in [1.54, 1.807) is 0 Å². The Kier molecular flexibility index (Phi) is 5.31. The maximum atomic E-state index is 12.8. The average molecular weight is 386 g/mol. The maximum absolute atomic E-state index is 12.8. The van der Waals surface area contributed by atoms with Gasteiger partial charge in [0.25, 0.3) is 0 Å². The van der Waals surface area contributed by atoms with Crippen molar-refractivity contribution in [1.82, 2.24) is 0 Å². The van der Waals surface area contributed by atoms with Gasteiger partial charge in [0, 0.05) is 6.61 Å². The van der Waals surface area contributed by atoms with E-state index in [2.05, 4.69) is 0 Å². The predicted molar refractivity (Wildman–Crippen MR) is 80.9 cm³/mol. The van der Waals surface area contributed by atoms with Crippen molar-refractivity contribution in [2.24, 2.45) is 5.92 Å². The molecular weight excluding hydrogens is 369 g/mol. The number of alkyl halides is 3. The van der Waals surface area contributed by atoms with Crippen molar-refractivity contribution in [3.05, 3.63) is 29.8 Å². The van der Waals surface area contributed by atoms with Gasteiger partial charge in [-0.3, -0.25) is 0 Å². The van der Waals surface area contributed by atoms with E-state index >= 15 is 0 Å². The smallest absolute Gasteiger partial charge is 0.359 e. The van der Waals surface area contributed by atoms with E-state index in [4.69, 9.17) is 4.74 Å². The number of thiol groups is 1. The van der Waals surface area contributed by atoms with Gasteiger partial charge in [0.15, 0.2) is 4.93 Å². The molecule has 0 aliphatic carbocycles. The first-order valence-corrected chi connectivity index (χ1v) is 9.98. The van der Waals surface area contributed by atoms with Gasteiger partial charge >= 0.3 is 6.18 Å². The number of sulfone groups is 1. The van der Waals surface area contributed by atoms with Crippen LogP contribution in [-0.4, -0.2) is 34.1 Å². The lowest BCUT2D eigenvalue weighted by Crippen LogP contribution is -2.45. The minimum atomic E-state index is -4.66. The van der Waals surface area contributed by atoms with Gasteiger partial charge in [-0.25, -0.2) is 16.8 Å². The van der Waals surface area contributed by atoms with Gasteiger partial charge in [0.1, 0.15) is 10.7 Å². The third-order valence-electron chi connectivity index (χ3n) is 4.04. The van der Waals surface area contributed by atoms with Crippen LogP contribution < -0.4 is 0 Å². The lowest BCUT2D eigenvalue weighted by molar-refractivity contribution is -0.137. The number of hydrogen-bond acceptors (Lipinski definition) is 5. The second-order valence-corrected chi connectivity index (χ2v) is 9.26. The van der Waals surface area contributed by atoms with E-state index in [1.807, 2.05) is 0 Å². The van der Waals surface area contributed by atoms with Gasteiger partial charge in [-0.1, -0.05) is 6.07 Å². The summed E-state index contributed by atoms with van der Waals surface area (Å²) in [5.41, 5.74) is -1.07. The van der Waals surface area contributed by atoms with Gasteiger partial charge in [-0.05, 0) is 43.9 Å². The van der Waals surface area contributed by atoms with E-state index in [-0.39, 0.29) is 18.8 Å². The fourth-order valence-electron chi connectivity index (χ4n) is 2.77. The Morgan fingerprint density at radius 3 is 2.58 bits per heavy atom. The number of ether oxygens (including phenoxy) is 1. The molecule has 0 N–H and O–H groups in total. The summed E-state index contributed by atoms with van der Waals surface area (Å²) in [6.45, 7) is 1.30. The average Bonchev–Trinajstić information content (AvgIpc) is 2.45. The van der Waals surface area contributed by atoms with Gasteiger partial charge in [0.05, 0.1) is 16.2 Å².